The first kappa shape index (κ1) is 11.7. The van der Waals surface area contributed by atoms with Crippen molar-refractivity contribution in [1.82, 2.24) is 0 Å². The zero-order chi connectivity index (χ0) is 11.5. The molecule has 0 bridgehead atoms. The quantitative estimate of drug-likeness (QED) is 0.713. The average Bonchev–Trinajstić information content (AvgIpc) is 2.18. The lowest BCUT2D eigenvalue weighted by atomic mass is 10.1. The van der Waals surface area contributed by atoms with Crippen molar-refractivity contribution in [1.29, 1.82) is 0 Å². The van der Waals surface area contributed by atoms with E-state index in [0.29, 0.717) is 12.0 Å². The van der Waals surface area contributed by atoms with Crippen LogP contribution in [0.4, 0.5) is 4.39 Å². The molecule has 0 aliphatic rings. The van der Waals surface area contributed by atoms with E-state index in [1.807, 2.05) is 20.8 Å². The third-order valence-corrected chi connectivity index (χ3v) is 2.37. The summed E-state index contributed by atoms with van der Waals surface area (Å²) >= 11 is 0. The molecule has 0 saturated carbocycles. The third kappa shape index (κ3) is 2.78. The number of carbonyl (C=O) groups is 1. The van der Waals surface area contributed by atoms with E-state index in [4.69, 9.17) is 4.74 Å². The second-order valence-corrected chi connectivity index (χ2v) is 3.98. The Balaban J connectivity index is 3.04. The molecule has 1 aromatic carbocycles. The monoisotopic (exact) mass is 210 g/mol. The van der Waals surface area contributed by atoms with E-state index in [2.05, 4.69) is 0 Å². The molecule has 82 valence electrons. The van der Waals surface area contributed by atoms with Gasteiger partial charge in [0.1, 0.15) is 17.2 Å². The van der Waals surface area contributed by atoms with Gasteiger partial charge in [-0.25, -0.2) is 4.39 Å². The van der Waals surface area contributed by atoms with Gasteiger partial charge >= 0.3 is 0 Å². The fourth-order valence-electron chi connectivity index (χ4n) is 1.09. The molecule has 0 spiro atoms. The molecule has 0 aliphatic carbocycles. The van der Waals surface area contributed by atoms with Crippen molar-refractivity contribution < 1.29 is 13.9 Å². The summed E-state index contributed by atoms with van der Waals surface area (Å²) in [5.74, 6) is -0.244. The van der Waals surface area contributed by atoms with Gasteiger partial charge in [0.15, 0.2) is 6.29 Å². The summed E-state index contributed by atoms with van der Waals surface area (Å²) in [6, 6.07) is 4.38. The molecule has 1 aromatic rings. The highest BCUT2D eigenvalue weighted by Gasteiger charge is 2.19. The zero-order valence-corrected chi connectivity index (χ0v) is 9.21. The van der Waals surface area contributed by atoms with Crippen molar-refractivity contribution in [3.8, 4) is 5.75 Å². The van der Waals surface area contributed by atoms with Crippen molar-refractivity contribution in [2.75, 3.05) is 0 Å². The van der Waals surface area contributed by atoms with Crippen molar-refractivity contribution in [3.63, 3.8) is 0 Å². The third-order valence-electron chi connectivity index (χ3n) is 2.37. The number of rotatable bonds is 4. The van der Waals surface area contributed by atoms with Gasteiger partial charge in [-0.1, -0.05) is 13.0 Å². The molecule has 1 rings (SSSR count). The van der Waals surface area contributed by atoms with Crippen LogP contribution in [0, 0.1) is 5.82 Å². The number of hydrogen-bond donors (Lipinski definition) is 0. The van der Waals surface area contributed by atoms with Crippen LogP contribution in [0.3, 0.4) is 0 Å². The van der Waals surface area contributed by atoms with E-state index >= 15 is 0 Å². The van der Waals surface area contributed by atoms with Gasteiger partial charge in [0.2, 0.25) is 0 Å². The highest BCUT2D eigenvalue weighted by Crippen LogP contribution is 2.25. The van der Waals surface area contributed by atoms with Crippen LogP contribution < -0.4 is 4.74 Å². The van der Waals surface area contributed by atoms with E-state index in [-0.39, 0.29) is 5.56 Å². The summed E-state index contributed by atoms with van der Waals surface area (Å²) in [7, 11) is 0. The molecule has 0 heterocycles. The average molecular weight is 210 g/mol. The minimum Gasteiger partial charge on any atom is -0.487 e. The molecule has 0 aliphatic heterocycles. The number of carbonyl (C=O) groups excluding carboxylic acids is 1. The number of halogens is 1. The first-order valence-corrected chi connectivity index (χ1v) is 4.93. The number of aldehydes is 1. The van der Waals surface area contributed by atoms with E-state index in [1.165, 1.54) is 12.1 Å². The highest BCUT2D eigenvalue weighted by atomic mass is 19.1. The smallest absolute Gasteiger partial charge is 0.156 e. The normalized spacial score (nSPS) is 11.2. The van der Waals surface area contributed by atoms with E-state index in [9.17, 15) is 9.18 Å². The van der Waals surface area contributed by atoms with Gasteiger partial charge < -0.3 is 4.74 Å². The maximum atomic E-state index is 13.2. The summed E-state index contributed by atoms with van der Waals surface area (Å²) in [5, 5.41) is 0. The Morgan fingerprint density at radius 3 is 2.67 bits per heavy atom. The first-order valence-electron chi connectivity index (χ1n) is 4.93. The largest absolute Gasteiger partial charge is 0.487 e. The second-order valence-electron chi connectivity index (χ2n) is 3.98. The second kappa shape index (κ2) is 4.43. The maximum Gasteiger partial charge on any atom is 0.156 e. The molecule has 3 heteroatoms. The van der Waals surface area contributed by atoms with E-state index in [0.717, 1.165) is 6.42 Å². The molecule has 0 N–H and O–H groups in total. The Labute approximate surface area is 89.1 Å². The number of ether oxygens (including phenoxy) is 1. The van der Waals surface area contributed by atoms with Gasteiger partial charge in [0, 0.05) is 0 Å². The summed E-state index contributed by atoms with van der Waals surface area (Å²) in [6.45, 7) is 5.76. The van der Waals surface area contributed by atoms with Crippen molar-refractivity contribution in [2.45, 2.75) is 32.8 Å². The molecule has 0 fully saturated rings. The van der Waals surface area contributed by atoms with Crippen LogP contribution >= 0.6 is 0 Å². The summed E-state index contributed by atoms with van der Waals surface area (Å²) in [4.78, 5) is 10.7. The van der Waals surface area contributed by atoms with Gasteiger partial charge in [0.25, 0.3) is 0 Å². The highest BCUT2D eigenvalue weighted by molar-refractivity contribution is 5.79. The van der Waals surface area contributed by atoms with Crippen LogP contribution in [0.5, 0.6) is 5.75 Å². The Bertz CT molecular complexity index is 359. The maximum absolute atomic E-state index is 13.2. The van der Waals surface area contributed by atoms with Crippen molar-refractivity contribution in [3.05, 3.63) is 29.6 Å². The van der Waals surface area contributed by atoms with Crippen LogP contribution in [-0.4, -0.2) is 11.9 Å². The molecule has 0 atom stereocenters. The summed E-state index contributed by atoms with van der Waals surface area (Å²) in [6.07, 6.45) is 1.26. The predicted molar refractivity (Wildman–Crippen MR) is 56.8 cm³/mol. The Morgan fingerprint density at radius 2 is 2.13 bits per heavy atom. The lowest BCUT2D eigenvalue weighted by Crippen LogP contribution is -2.27. The van der Waals surface area contributed by atoms with Gasteiger partial charge in [-0.15, -0.1) is 0 Å². The minimum absolute atomic E-state index is 0.0148. The Hall–Kier alpha value is -1.38. The molecule has 0 unspecified atom stereocenters. The van der Waals surface area contributed by atoms with Crippen LogP contribution in [-0.2, 0) is 0 Å². The summed E-state index contributed by atoms with van der Waals surface area (Å²) < 4.78 is 18.8. The molecule has 0 saturated heterocycles. The lowest BCUT2D eigenvalue weighted by molar-refractivity contribution is 0.0994. The topological polar surface area (TPSA) is 26.3 Å². The standard InChI is InChI=1S/C12H15FO2/c1-4-12(2,3)15-11-7-5-6-10(13)9(11)8-14/h5-8H,4H2,1-3H3. The summed E-state index contributed by atoms with van der Waals surface area (Å²) in [5.41, 5.74) is -0.412. The van der Waals surface area contributed by atoms with Gasteiger partial charge in [0.05, 0.1) is 5.56 Å². The molecular formula is C12H15FO2. The van der Waals surface area contributed by atoms with Crippen LogP contribution in [0.1, 0.15) is 37.6 Å². The molecule has 0 amide bonds. The molecular weight excluding hydrogens is 195 g/mol. The van der Waals surface area contributed by atoms with Crippen LogP contribution in [0.2, 0.25) is 0 Å². The van der Waals surface area contributed by atoms with Gasteiger partial charge in [-0.2, -0.15) is 0 Å². The van der Waals surface area contributed by atoms with Crippen molar-refractivity contribution in [2.24, 2.45) is 0 Å². The molecule has 0 radical (unpaired) electrons. The van der Waals surface area contributed by atoms with Crippen LogP contribution in [0.15, 0.2) is 18.2 Å². The Kier molecular flexibility index (Phi) is 3.45. The van der Waals surface area contributed by atoms with Gasteiger partial charge in [-0.3, -0.25) is 4.79 Å². The fourth-order valence-corrected chi connectivity index (χ4v) is 1.09. The number of hydrogen-bond acceptors (Lipinski definition) is 2. The SMILES string of the molecule is CCC(C)(C)Oc1cccc(F)c1C=O. The Morgan fingerprint density at radius 1 is 1.47 bits per heavy atom. The minimum atomic E-state index is -0.547. The fraction of sp³-hybridized carbons (Fsp3) is 0.417. The number of benzene rings is 1. The van der Waals surface area contributed by atoms with E-state index < -0.39 is 11.4 Å². The molecule has 0 aromatic heterocycles. The van der Waals surface area contributed by atoms with E-state index in [1.54, 1.807) is 6.07 Å². The zero-order valence-electron chi connectivity index (χ0n) is 9.21. The predicted octanol–water partition coefficient (Wildman–Crippen LogP) is 3.21. The molecule has 2 nitrogen and oxygen atoms in total. The van der Waals surface area contributed by atoms with Crippen LogP contribution in [0.25, 0.3) is 0 Å². The first-order chi connectivity index (χ1) is 7.00. The molecule has 15 heavy (non-hydrogen) atoms. The van der Waals surface area contributed by atoms with Gasteiger partial charge in [-0.05, 0) is 32.4 Å². The van der Waals surface area contributed by atoms with Crippen molar-refractivity contribution >= 4 is 6.29 Å². The lowest BCUT2D eigenvalue weighted by Gasteiger charge is -2.25.